The summed E-state index contributed by atoms with van der Waals surface area (Å²) in [6.07, 6.45) is -0.989. The molecular formula is C24H27F2NO5. The Hall–Kier alpha value is -3.29. The Morgan fingerprint density at radius 3 is 2.22 bits per heavy atom. The third-order valence-corrected chi connectivity index (χ3v) is 4.35. The number of carbonyl (C=O) groups is 3. The summed E-state index contributed by atoms with van der Waals surface area (Å²) in [5, 5.41) is 1.96. The first-order valence-corrected chi connectivity index (χ1v) is 10.1. The van der Waals surface area contributed by atoms with Crippen LogP contribution in [-0.2, 0) is 14.3 Å². The van der Waals surface area contributed by atoms with E-state index in [2.05, 4.69) is 0 Å². The maximum atomic E-state index is 14.0. The molecule has 2 rings (SSSR count). The molecule has 2 aromatic rings. The van der Waals surface area contributed by atoms with Gasteiger partial charge in [-0.2, -0.15) is 0 Å². The molecule has 32 heavy (non-hydrogen) atoms. The molecule has 0 aliphatic heterocycles. The van der Waals surface area contributed by atoms with Crippen LogP contribution in [0.1, 0.15) is 55.1 Å². The van der Waals surface area contributed by atoms with Gasteiger partial charge in [0.25, 0.3) is 5.92 Å². The van der Waals surface area contributed by atoms with Crippen LogP contribution in [0.4, 0.5) is 13.6 Å². The van der Waals surface area contributed by atoms with Gasteiger partial charge in [-0.25, -0.2) is 13.6 Å². The zero-order valence-corrected chi connectivity index (χ0v) is 18.5. The lowest BCUT2D eigenvalue weighted by Gasteiger charge is -2.22. The summed E-state index contributed by atoms with van der Waals surface area (Å²) in [5.41, 5.74) is 0.516. The van der Waals surface area contributed by atoms with Crippen LogP contribution in [0.15, 0.2) is 54.6 Å². The molecule has 0 fully saturated rings. The minimum absolute atomic E-state index is 0.215. The Morgan fingerprint density at radius 2 is 1.59 bits per heavy atom. The lowest BCUT2D eigenvalue weighted by molar-refractivity contribution is -0.156. The minimum atomic E-state index is -3.47. The highest BCUT2D eigenvalue weighted by Crippen LogP contribution is 2.22. The van der Waals surface area contributed by atoms with Gasteiger partial charge in [0.2, 0.25) is 0 Å². The van der Waals surface area contributed by atoms with Crippen LogP contribution in [0.25, 0.3) is 0 Å². The van der Waals surface area contributed by atoms with Gasteiger partial charge in [-0.05, 0) is 39.3 Å². The van der Waals surface area contributed by atoms with E-state index in [9.17, 15) is 23.2 Å². The number of hydrogen-bond acceptors (Lipinski definition) is 5. The van der Waals surface area contributed by atoms with E-state index in [0.717, 1.165) is 0 Å². The van der Waals surface area contributed by atoms with Crippen molar-refractivity contribution in [3.05, 3.63) is 71.3 Å². The molecular weight excluding hydrogens is 420 g/mol. The number of nitrogens with one attached hydrogen (secondary N) is 1. The number of ketones is 1. The standard InChI is InChI=1S/C24H27F2NO5/c1-16(18-11-8-12-19(13-18)20(28)17-9-6-5-7-10-17)21(29)31-15-24(25,26)14-27-22(30)32-23(2,3)4/h5-13,16H,14-15H2,1-4H3,(H,27,30)/t16-/m1/s1. The molecule has 172 valence electrons. The number of amides is 1. The SMILES string of the molecule is C[C@@H](C(=O)OCC(F)(F)CNC(=O)OC(C)(C)C)c1cccc(C(=O)c2ccccc2)c1. The molecule has 0 heterocycles. The fraction of sp³-hybridized carbons (Fsp3) is 0.375. The number of benzene rings is 2. The first-order valence-electron chi connectivity index (χ1n) is 10.1. The Bertz CT molecular complexity index is 954. The lowest BCUT2D eigenvalue weighted by atomic mass is 9.96. The molecule has 0 radical (unpaired) electrons. The number of carbonyl (C=O) groups excluding carboxylic acids is 3. The normalized spacial score (nSPS) is 12.6. The van der Waals surface area contributed by atoms with Crippen LogP contribution >= 0.6 is 0 Å². The number of alkyl carbamates (subject to hydrolysis) is 1. The Morgan fingerprint density at radius 1 is 0.969 bits per heavy atom. The van der Waals surface area contributed by atoms with E-state index >= 15 is 0 Å². The molecule has 1 amide bonds. The highest BCUT2D eigenvalue weighted by Gasteiger charge is 2.33. The van der Waals surface area contributed by atoms with Crippen molar-refractivity contribution in [2.45, 2.75) is 45.1 Å². The van der Waals surface area contributed by atoms with Crippen LogP contribution in [0, 0.1) is 0 Å². The van der Waals surface area contributed by atoms with E-state index in [1.54, 1.807) is 75.4 Å². The lowest BCUT2D eigenvalue weighted by Crippen LogP contribution is -2.42. The van der Waals surface area contributed by atoms with Crippen LogP contribution in [0.3, 0.4) is 0 Å². The second kappa shape index (κ2) is 10.3. The average molecular weight is 447 g/mol. The van der Waals surface area contributed by atoms with Crippen molar-refractivity contribution >= 4 is 17.8 Å². The zero-order valence-electron chi connectivity index (χ0n) is 18.5. The van der Waals surface area contributed by atoms with Gasteiger partial charge in [0.1, 0.15) is 5.60 Å². The van der Waals surface area contributed by atoms with Crippen molar-refractivity contribution in [1.82, 2.24) is 5.32 Å². The number of ether oxygens (including phenoxy) is 2. The van der Waals surface area contributed by atoms with Crippen LogP contribution in [0.5, 0.6) is 0 Å². The molecule has 0 spiro atoms. The quantitative estimate of drug-likeness (QED) is 0.468. The van der Waals surface area contributed by atoms with Gasteiger partial charge in [-0.15, -0.1) is 0 Å². The van der Waals surface area contributed by atoms with Crippen molar-refractivity contribution in [1.29, 1.82) is 0 Å². The highest BCUT2D eigenvalue weighted by molar-refractivity contribution is 6.09. The topological polar surface area (TPSA) is 81.7 Å². The fourth-order valence-electron chi connectivity index (χ4n) is 2.71. The second-order valence-corrected chi connectivity index (χ2v) is 8.36. The van der Waals surface area contributed by atoms with E-state index in [1.807, 2.05) is 5.32 Å². The number of halogens is 2. The maximum Gasteiger partial charge on any atom is 0.407 e. The Balaban J connectivity index is 1.95. The molecule has 0 bridgehead atoms. The van der Waals surface area contributed by atoms with E-state index < -0.39 is 42.7 Å². The van der Waals surface area contributed by atoms with Crippen molar-refractivity contribution in [2.24, 2.45) is 0 Å². The van der Waals surface area contributed by atoms with E-state index in [1.165, 1.54) is 6.92 Å². The van der Waals surface area contributed by atoms with Gasteiger partial charge in [-0.3, -0.25) is 9.59 Å². The van der Waals surface area contributed by atoms with Gasteiger partial charge >= 0.3 is 12.1 Å². The van der Waals surface area contributed by atoms with Gasteiger partial charge in [0.15, 0.2) is 12.4 Å². The molecule has 0 unspecified atom stereocenters. The molecule has 0 aromatic heterocycles. The summed E-state index contributed by atoms with van der Waals surface area (Å²) in [4.78, 5) is 36.4. The number of alkyl halides is 2. The van der Waals surface area contributed by atoms with Gasteiger partial charge < -0.3 is 14.8 Å². The molecule has 0 saturated heterocycles. The first-order chi connectivity index (χ1) is 14.9. The molecule has 0 aliphatic carbocycles. The molecule has 1 N–H and O–H groups in total. The number of hydrogen-bond donors (Lipinski definition) is 1. The van der Waals surface area contributed by atoms with Crippen molar-refractivity contribution < 1.29 is 32.6 Å². The minimum Gasteiger partial charge on any atom is -0.459 e. The van der Waals surface area contributed by atoms with Gasteiger partial charge in [0, 0.05) is 11.1 Å². The molecule has 2 aromatic carbocycles. The molecule has 8 heteroatoms. The van der Waals surface area contributed by atoms with E-state index in [4.69, 9.17) is 9.47 Å². The summed E-state index contributed by atoms with van der Waals surface area (Å²) in [5.74, 6) is -5.43. The zero-order chi connectivity index (χ0) is 23.9. The molecule has 0 aliphatic rings. The first kappa shape index (κ1) is 25.0. The molecule has 6 nitrogen and oxygen atoms in total. The van der Waals surface area contributed by atoms with Crippen molar-refractivity contribution in [2.75, 3.05) is 13.2 Å². The molecule has 0 saturated carbocycles. The van der Waals surface area contributed by atoms with Gasteiger partial charge in [0.05, 0.1) is 12.5 Å². The van der Waals surface area contributed by atoms with Crippen LogP contribution in [-0.4, -0.2) is 42.5 Å². The largest absolute Gasteiger partial charge is 0.459 e. The summed E-state index contributed by atoms with van der Waals surface area (Å²) in [6.45, 7) is 4.09. The fourth-order valence-corrected chi connectivity index (χ4v) is 2.71. The van der Waals surface area contributed by atoms with Crippen molar-refractivity contribution in [3.63, 3.8) is 0 Å². The number of rotatable bonds is 8. The summed E-state index contributed by atoms with van der Waals surface area (Å²) >= 11 is 0. The maximum absolute atomic E-state index is 14.0. The third kappa shape index (κ3) is 7.76. The molecule has 1 atom stereocenters. The van der Waals surface area contributed by atoms with Crippen molar-refractivity contribution in [3.8, 4) is 0 Å². The monoisotopic (exact) mass is 447 g/mol. The number of esters is 1. The summed E-state index contributed by atoms with van der Waals surface area (Å²) in [7, 11) is 0. The van der Waals surface area contributed by atoms with Gasteiger partial charge in [-0.1, -0.05) is 48.5 Å². The van der Waals surface area contributed by atoms with Crippen LogP contribution < -0.4 is 5.32 Å². The third-order valence-electron chi connectivity index (χ3n) is 4.35. The Kier molecular flexibility index (Phi) is 8.08. The van der Waals surface area contributed by atoms with E-state index in [0.29, 0.717) is 16.7 Å². The predicted molar refractivity (Wildman–Crippen MR) is 115 cm³/mol. The highest BCUT2D eigenvalue weighted by atomic mass is 19.3. The van der Waals surface area contributed by atoms with Crippen LogP contribution in [0.2, 0.25) is 0 Å². The smallest absolute Gasteiger partial charge is 0.407 e. The summed E-state index contributed by atoms with van der Waals surface area (Å²) in [6, 6.07) is 15.1. The Labute approximate surface area is 185 Å². The average Bonchev–Trinajstić information content (AvgIpc) is 2.75. The van der Waals surface area contributed by atoms with E-state index in [-0.39, 0.29) is 5.78 Å². The summed E-state index contributed by atoms with van der Waals surface area (Å²) < 4.78 is 37.7. The second-order valence-electron chi connectivity index (χ2n) is 8.36. The predicted octanol–water partition coefficient (Wildman–Crippen LogP) is 4.72.